The van der Waals surface area contributed by atoms with Crippen LogP contribution in [0.1, 0.15) is 55.1 Å². The molecule has 0 spiro atoms. The van der Waals surface area contributed by atoms with Gasteiger partial charge in [0, 0.05) is 43.5 Å². The van der Waals surface area contributed by atoms with E-state index in [-0.39, 0.29) is 16.8 Å². The van der Waals surface area contributed by atoms with Crippen molar-refractivity contribution >= 4 is 41.8 Å². The Morgan fingerprint density at radius 1 is 1.12 bits per heavy atom. The summed E-state index contributed by atoms with van der Waals surface area (Å²) in [6, 6.07) is 9.72. The molecule has 1 aliphatic rings. The molecule has 0 fully saturated rings. The first-order valence-electron chi connectivity index (χ1n) is 14.2. The highest BCUT2D eigenvalue weighted by molar-refractivity contribution is 5.84. The summed E-state index contributed by atoms with van der Waals surface area (Å²) in [5.41, 5.74) is 3.71. The van der Waals surface area contributed by atoms with Crippen LogP contribution in [0.5, 0.6) is 5.75 Å². The summed E-state index contributed by atoms with van der Waals surface area (Å²) in [7, 11) is 1.89. The summed E-state index contributed by atoms with van der Waals surface area (Å²) >= 11 is 0. The van der Waals surface area contributed by atoms with Gasteiger partial charge in [-0.2, -0.15) is 4.98 Å². The predicted molar refractivity (Wildman–Crippen MR) is 166 cm³/mol. The lowest BCUT2D eigenvalue weighted by molar-refractivity contribution is -0.107. The summed E-state index contributed by atoms with van der Waals surface area (Å²) in [6.45, 7) is 9.74. The normalized spacial score (nSPS) is 13.8. The van der Waals surface area contributed by atoms with E-state index in [4.69, 9.17) is 4.74 Å². The highest BCUT2D eigenvalue weighted by atomic mass is 16.5. The number of carbonyl (C=O) groups is 2. The third-order valence-electron chi connectivity index (χ3n) is 6.96. The molecule has 0 bridgehead atoms. The van der Waals surface area contributed by atoms with E-state index in [0.717, 1.165) is 44.6 Å². The highest BCUT2D eigenvalue weighted by Gasteiger charge is 2.27. The number of ether oxygens (including phenoxy) is 1. The predicted octanol–water partition coefficient (Wildman–Crippen LogP) is 4.47. The van der Waals surface area contributed by atoms with Crippen LogP contribution in [-0.4, -0.2) is 60.9 Å². The summed E-state index contributed by atoms with van der Waals surface area (Å²) in [5.74, 6) is 1.91. The first-order chi connectivity index (χ1) is 20.4. The number of benzene rings is 1. The number of likely N-dealkylation sites (N-methyl/N-ethyl adjacent to an activating group) is 1. The summed E-state index contributed by atoms with van der Waals surface area (Å²) in [6.07, 6.45) is 8.62. The van der Waals surface area contributed by atoms with Crippen LogP contribution in [0.3, 0.4) is 0 Å². The molecule has 0 saturated heterocycles. The van der Waals surface area contributed by atoms with Crippen molar-refractivity contribution in [3.05, 3.63) is 65.4 Å². The van der Waals surface area contributed by atoms with Gasteiger partial charge in [-0.1, -0.05) is 32.1 Å². The minimum atomic E-state index is 0.0533. The Bertz CT molecular complexity index is 1410. The number of pyridine rings is 1. The van der Waals surface area contributed by atoms with Crippen LogP contribution in [0, 0.1) is 0 Å². The van der Waals surface area contributed by atoms with Crippen molar-refractivity contribution in [1.82, 2.24) is 25.6 Å². The van der Waals surface area contributed by atoms with Gasteiger partial charge in [-0.05, 0) is 62.2 Å². The fourth-order valence-corrected chi connectivity index (χ4v) is 4.86. The van der Waals surface area contributed by atoms with Gasteiger partial charge in [0.2, 0.25) is 12.4 Å². The lowest BCUT2D eigenvalue weighted by Gasteiger charge is -2.33. The zero-order valence-corrected chi connectivity index (χ0v) is 24.7. The first kappa shape index (κ1) is 30.6. The number of rotatable bonds is 15. The molecule has 11 heteroatoms. The van der Waals surface area contributed by atoms with Crippen LogP contribution >= 0.6 is 0 Å². The molecule has 1 aliphatic heterocycles. The molecule has 0 radical (unpaired) electrons. The number of fused-ring (bicyclic) bond motifs is 1. The number of aldehydes is 1. The van der Waals surface area contributed by atoms with Gasteiger partial charge in [0.25, 0.3) is 0 Å². The van der Waals surface area contributed by atoms with Crippen LogP contribution in [0.25, 0.3) is 0 Å². The number of amides is 1. The molecule has 2 aromatic heterocycles. The Labute approximate surface area is 247 Å². The monoisotopic (exact) mass is 572 g/mol. The molecular formula is C31H40N8O3. The molecular weight excluding hydrogens is 532 g/mol. The number of unbranched alkanes of at least 4 members (excludes halogenated alkanes) is 1. The van der Waals surface area contributed by atoms with Crippen molar-refractivity contribution in [1.29, 1.82) is 0 Å². The second-order valence-corrected chi connectivity index (χ2v) is 10.6. The quantitative estimate of drug-likeness (QED) is 0.117. The summed E-state index contributed by atoms with van der Waals surface area (Å²) < 4.78 is 5.76. The third kappa shape index (κ3) is 7.68. The van der Waals surface area contributed by atoms with Gasteiger partial charge in [0.05, 0.1) is 12.2 Å². The van der Waals surface area contributed by atoms with Crippen LogP contribution < -0.4 is 30.9 Å². The number of nitrogens with zero attached hydrogens (tertiary/aromatic N) is 4. The zero-order valence-electron chi connectivity index (χ0n) is 24.7. The van der Waals surface area contributed by atoms with E-state index in [1.54, 1.807) is 12.1 Å². The van der Waals surface area contributed by atoms with Crippen LogP contribution in [0.2, 0.25) is 0 Å². The average molecular weight is 573 g/mol. The minimum absolute atomic E-state index is 0.0533. The van der Waals surface area contributed by atoms with E-state index < -0.39 is 0 Å². The van der Waals surface area contributed by atoms with Gasteiger partial charge in [0.1, 0.15) is 11.6 Å². The zero-order chi connectivity index (χ0) is 30.0. The van der Waals surface area contributed by atoms with Crippen LogP contribution in [0.15, 0.2) is 48.7 Å². The van der Waals surface area contributed by atoms with Gasteiger partial charge in [-0.3, -0.25) is 14.5 Å². The van der Waals surface area contributed by atoms with Crippen molar-refractivity contribution in [3.63, 3.8) is 0 Å². The number of hydrogen-bond acceptors (Lipinski definition) is 10. The Hall–Kier alpha value is -4.35. The second-order valence-electron chi connectivity index (χ2n) is 10.6. The van der Waals surface area contributed by atoms with Crippen molar-refractivity contribution in [2.45, 2.75) is 45.6 Å². The Kier molecular flexibility index (Phi) is 10.6. The Morgan fingerprint density at radius 3 is 2.74 bits per heavy atom. The number of allylic oxidation sites excluding steroid dienone is 1. The molecule has 1 amide bonds. The van der Waals surface area contributed by atoms with Gasteiger partial charge in [-0.25, -0.2) is 9.97 Å². The van der Waals surface area contributed by atoms with E-state index in [1.807, 2.05) is 20.0 Å². The maximum atomic E-state index is 12.0. The summed E-state index contributed by atoms with van der Waals surface area (Å²) in [4.78, 5) is 39.0. The Balaban J connectivity index is 1.54. The highest BCUT2D eigenvalue weighted by Crippen LogP contribution is 2.32. The lowest BCUT2D eigenvalue weighted by Crippen LogP contribution is -2.38. The van der Waals surface area contributed by atoms with Crippen molar-refractivity contribution in [3.8, 4) is 5.75 Å². The Morgan fingerprint density at radius 2 is 1.98 bits per heavy atom. The van der Waals surface area contributed by atoms with E-state index in [0.29, 0.717) is 42.8 Å². The molecule has 11 nitrogen and oxygen atoms in total. The van der Waals surface area contributed by atoms with Crippen molar-refractivity contribution < 1.29 is 14.3 Å². The van der Waals surface area contributed by atoms with Crippen LogP contribution in [-0.2, 0) is 16.8 Å². The summed E-state index contributed by atoms with van der Waals surface area (Å²) in [5, 5.41) is 12.9. The van der Waals surface area contributed by atoms with E-state index in [1.165, 1.54) is 22.2 Å². The molecule has 4 N–H and O–H groups in total. The number of hydrogen-bond donors (Lipinski definition) is 4. The largest absolute Gasteiger partial charge is 0.490 e. The number of aromatic nitrogens is 3. The smallest absolute Gasteiger partial charge is 0.229 e. The van der Waals surface area contributed by atoms with Gasteiger partial charge in [0.15, 0.2) is 17.9 Å². The lowest BCUT2D eigenvalue weighted by atomic mass is 9.79. The van der Waals surface area contributed by atoms with Gasteiger partial charge < -0.3 is 26.0 Å². The van der Waals surface area contributed by atoms with Crippen LogP contribution in [0.4, 0.5) is 29.1 Å². The minimum Gasteiger partial charge on any atom is -0.490 e. The molecule has 3 heterocycles. The van der Waals surface area contributed by atoms with E-state index in [2.05, 4.69) is 74.4 Å². The number of anilines is 5. The van der Waals surface area contributed by atoms with Gasteiger partial charge in [-0.15, -0.1) is 0 Å². The fraction of sp³-hybridized carbons (Fsp3) is 0.387. The average Bonchev–Trinajstić information content (AvgIpc) is 2.98. The van der Waals surface area contributed by atoms with E-state index in [9.17, 15) is 9.59 Å². The second kappa shape index (κ2) is 14.5. The standard InChI is InChI=1S/C31H40N8O3/c1-5-42-26-12-13-27(37-29(26)39(21-41)15-9-7-6-8-14-32-4)36-28-23(19-40)18-34-30(38-28)35-24-10-11-25-22(16-24)17-33-20-31(25,2)3/h6,8,10-13,16,18-19,21,32-33H,5,7,9,14-15,17,20H2,1-4H3,(H2,34,35,36,37,38)/b8-6-. The van der Waals surface area contributed by atoms with Crippen molar-refractivity contribution in [2.24, 2.45) is 0 Å². The maximum Gasteiger partial charge on any atom is 0.229 e. The van der Waals surface area contributed by atoms with E-state index >= 15 is 0 Å². The SMILES string of the molecule is CCOc1ccc(Nc2nc(Nc3ccc4c(c3)CNCC4(C)C)ncc2C=O)nc1N(C=O)CCC/C=C\CNC. The topological polar surface area (TPSA) is 133 Å². The number of carbonyl (C=O) groups excluding carboxylic acids is 2. The molecule has 42 heavy (non-hydrogen) atoms. The molecule has 1 aromatic carbocycles. The first-order valence-corrected chi connectivity index (χ1v) is 14.2. The van der Waals surface area contributed by atoms with Crippen molar-refractivity contribution in [2.75, 3.05) is 48.8 Å². The van der Waals surface area contributed by atoms with Gasteiger partial charge >= 0.3 is 0 Å². The maximum absolute atomic E-state index is 12.0. The fourth-order valence-electron chi connectivity index (χ4n) is 4.86. The molecule has 0 atom stereocenters. The molecule has 4 rings (SSSR count). The molecule has 3 aromatic rings. The molecule has 222 valence electrons. The molecule has 0 saturated carbocycles. The molecule has 0 unspecified atom stereocenters. The molecule has 0 aliphatic carbocycles. The third-order valence-corrected chi connectivity index (χ3v) is 6.96. The number of nitrogens with one attached hydrogen (secondary N) is 4.